The largest absolute Gasteiger partial charge is 0.388 e. The molecule has 2 aromatic carbocycles. The van der Waals surface area contributed by atoms with E-state index >= 15 is 0 Å². The van der Waals surface area contributed by atoms with Crippen LogP contribution in [0.4, 0.5) is 0 Å². The van der Waals surface area contributed by atoms with Crippen molar-refractivity contribution in [3.8, 4) is 0 Å². The Balaban J connectivity index is 2.36. The van der Waals surface area contributed by atoms with Crippen LogP contribution in [0.1, 0.15) is 24.5 Å². The summed E-state index contributed by atoms with van der Waals surface area (Å²) in [6.07, 6.45) is 1.15. The molecular formula is C14H15ClO. The van der Waals surface area contributed by atoms with Crippen LogP contribution in [-0.2, 0) is 0 Å². The van der Waals surface area contributed by atoms with Gasteiger partial charge in [0.25, 0.3) is 0 Å². The number of hydrogen-bond acceptors (Lipinski definition) is 1. The third-order valence-corrected chi connectivity index (χ3v) is 3.06. The molecule has 0 saturated heterocycles. The summed E-state index contributed by atoms with van der Waals surface area (Å²) in [5.41, 5.74) is 1.00. The van der Waals surface area contributed by atoms with Crippen molar-refractivity contribution in [1.29, 1.82) is 0 Å². The molecule has 0 radical (unpaired) electrons. The number of rotatable bonds is 4. The highest BCUT2D eigenvalue weighted by Crippen LogP contribution is 2.26. The number of aliphatic hydroxyl groups excluding tert-OH is 1. The Bertz CT molecular complexity index is 462. The predicted octanol–water partition coefficient (Wildman–Crippen LogP) is 3.89. The van der Waals surface area contributed by atoms with Crippen molar-refractivity contribution in [2.45, 2.75) is 18.9 Å². The fourth-order valence-corrected chi connectivity index (χ4v) is 2.12. The first-order valence-electron chi connectivity index (χ1n) is 5.54. The molecule has 1 nitrogen and oxygen atoms in total. The highest BCUT2D eigenvalue weighted by atomic mass is 35.5. The molecule has 0 aliphatic heterocycles. The molecule has 0 aliphatic rings. The van der Waals surface area contributed by atoms with E-state index in [4.69, 9.17) is 11.6 Å². The van der Waals surface area contributed by atoms with Crippen LogP contribution >= 0.6 is 11.6 Å². The lowest BCUT2D eigenvalue weighted by atomic mass is 9.98. The van der Waals surface area contributed by atoms with Crippen LogP contribution in [0, 0.1) is 0 Å². The van der Waals surface area contributed by atoms with Crippen LogP contribution in [0.3, 0.4) is 0 Å². The number of alkyl halides is 1. The minimum absolute atomic E-state index is 0.412. The van der Waals surface area contributed by atoms with E-state index < -0.39 is 6.10 Å². The molecule has 1 atom stereocenters. The zero-order valence-electron chi connectivity index (χ0n) is 9.07. The molecule has 2 rings (SSSR count). The van der Waals surface area contributed by atoms with E-state index in [1.54, 1.807) is 0 Å². The number of benzene rings is 2. The lowest BCUT2D eigenvalue weighted by Crippen LogP contribution is -1.98. The summed E-state index contributed by atoms with van der Waals surface area (Å²) < 4.78 is 0. The van der Waals surface area contributed by atoms with E-state index in [-0.39, 0.29) is 0 Å². The first-order valence-corrected chi connectivity index (χ1v) is 6.08. The zero-order valence-corrected chi connectivity index (χ0v) is 9.82. The number of aliphatic hydroxyl groups is 1. The van der Waals surface area contributed by atoms with Crippen LogP contribution in [0.15, 0.2) is 42.5 Å². The Morgan fingerprint density at radius 3 is 2.62 bits per heavy atom. The maximum atomic E-state index is 10.1. The van der Waals surface area contributed by atoms with Gasteiger partial charge in [-0.05, 0) is 29.2 Å². The molecule has 84 valence electrons. The summed E-state index contributed by atoms with van der Waals surface area (Å²) >= 11 is 5.64. The topological polar surface area (TPSA) is 20.2 Å². The maximum Gasteiger partial charge on any atom is 0.0796 e. The van der Waals surface area contributed by atoms with Gasteiger partial charge in [-0.1, -0.05) is 42.5 Å². The fourth-order valence-electron chi connectivity index (χ4n) is 1.97. The van der Waals surface area contributed by atoms with Crippen molar-refractivity contribution < 1.29 is 5.11 Å². The number of halogens is 1. The molecule has 0 bridgehead atoms. The minimum atomic E-state index is -0.412. The molecule has 1 N–H and O–H groups in total. The van der Waals surface area contributed by atoms with E-state index in [1.807, 2.05) is 24.3 Å². The number of fused-ring (bicyclic) bond motifs is 1. The first-order chi connectivity index (χ1) is 7.83. The number of hydrogen-bond donors (Lipinski definition) is 1. The van der Waals surface area contributed by atoms with Gasteiger partial charge < -0.3 is 5.11 Å². The predicted molar refractivity (Wildman–Crippen MR) is 68.9 cm³/mol. The third-order valence-electron chi connectivity index (χ3n) is 2.79. The Morgan fingerprint density at radius 1 is 1.06 bits per heavy atom. The van der Waals surface area contributed by atoms with Crippen molar-refractivity contribution >= 4 is 22.4 Å². The van der Waals surface area contributed by atoms with Gasteiger partial charge in [0.1, 0.15) is 0 Å². The van der Waals surface area contributed by atoms with Gasteiger partial charge >= 0.3 is 0 Å². The summed E-state index contributed by atoms with van der Waals surface area (Å²) in [5, 5.41) is 12.4. The van der Waals surface area contributed by atoms with E-state index in [2.05, 4.69) is 18.2 Å². The Labute approximate surface area is 101 Å². The molecule has 0 aliphatic carbocycles. The van der Waals surface area contributed by atoms with Gasteiger partial charge in [-0.25, -0.2) is 0 Å². The highest BCUT2D eigenvalue weighted by Gasteiger charge is 2.09. The van der Waals surface area contributed by atoms with Crippen LogP contribution in [0.25, 0.3) is 10.8 Å². The molecule has 2 aromatic rings. The average molecular weight is 235 g/mol. The molecule has 0 amide bonds. The standard InChI is InChI=1S/C14H15ClO/c15-10-4-9-14(16)13-8-3-6-11-5-1-2-7-12(11)13/h1-3,5-8,14,16H,4,9-10H2. The molecule has 0 spiro atoms. The van der Waals surface area contributed by atoms with E-state index in [9.17, 15) is 5.11 Å². The van der Waals surface area contributed by atoms with Crippen molar-refractivity contribution in [2.75, 3.05) is 5.88 Å². The Hall–Kier alpha value is -1.05. The molecule has 16 heavy (non-hydrogen) atoms. The van der Waals surface area contributed by atoms with E-state index in [1.165, 1.54) is 5.39 Å². The monoisotopic (exact) mass is 234 g/mol. The fraction of sp³-hybridized carbons (Fsp3) is 0.286. The smallest absolute Gasteiger partial charge is 0.0796 e. The summed E-state index contributed by atoms with van der Waals surface area (Å²) in [5.74, 6) is 0.599. The molecule has 0 saturated carbocycles. The second-order valence-electron chi connectivity index (χ2n) is 3.92. The normalized spacial score (nSPS) is 12.9. The first kappa shape index (κ1) is 11.4. The summed E-state index contributed by atoms with van der Waals surface area (Å²) in [4.78, 5) is 0. The van der Waals surface area contributed by atoms with Crippen molar-refractivity contribution in [3.05, 3.63) is 48.0 Å². The molecule has 0 heterocycles. The maximum absolute atomic E-state index is 10.1. The molecule has 0 aromatic heterocycles. The summed E-state index contributed by atoms with van der Waals surface area (Å²) in [6, 6.07) is 14.2. The quantitative estimate of drug-likeness (QED) is 0.796. The lowest BCUT2D eigenvalue weighted by Gasteiger charge is -2.12. The second kappa shape index (κ2) is 5.33. The van der Waals surface area contributed by atoms with Gasteiger partial charge in [0.2, 0.25) is 0 Å². The van der Waals surface area contributed by atoms with Crippen molar-refractivity contribution in [2.24, 2.45) is 0 Å². The second-order valence-corrected chi connectivity index (χ2v) is 4.29. The molecule has 1 unspecified atom stereocenters. The van der Waals surface area contributed by atoms with Crippen LogP contribution in [-0.4, -0.2) is 11.0 Å². The van der Waals surface area contributed by atoms with Gasteiger partial charge in [0.05, 0.1) is 6.10 Å². The van der Waals surface area contributed by atoms with Crippen LogP contribution < -0.4 is 0 Å². The van der Waals surface area contributed by atoms with E-state index in [0.29, 0.717) is 5.88 Å². The van der Waals surface area contributed by atoms with Gasteiger partial charge in [-0.3, -0.25) is 0 Å². The zero-order chi connectivity index (χ0) is 11.4. The van der Waals surface area contributed by atoms with Gasteiger partial charge in [-0.15, -0.1) is 11.6 Å². The highest BCUT2D eigenvalue weighted by molar-refractivity contribution is 6.17. The lowest BCUT2D eigenvalue weighted by molar-refractivity contribution is 0.168. The molecule has 2 heteroatoms. The Kier molecular flexibility index (Phi) is 3.81. The summed E-state index contributed by atoms with van der Waals surface area (Å²) in [6.45, 7) is 0. The van der Waals surface area contributed by atoms with Gasteiger partial charge in [-0.2, -0.15) is 0 Å². The van der Waals surface area contributed by atoms with E-state index in [0.717, 1.165) is 23.8 Å². The minimum Gasteiger partial charge on any atom is -0.388 e. The van der Waals surface area contributed by atoms with Crippen molar-refractivity contribution in [1.82, 2.24) is 0 Å². The van der Waals surface area contributed by atoms with Gasteiger partial charge in [0, 0.05) is 5.88 Å². The van der Waals surface area contributed by atoms with Gasteiger partial charge in [0.15, 0.2) is 0 Å². The molecule has 0 fully saturated rings. The average Bonchev–Trinajstić information content (AvgIpc) is 2.35. The third kappa shape index (κ3) is 2.37. The SMILES string of the molecule is OC(CCCCl)c1cccc2ccccc12. The summed E-state index contributed by atoms with van der Waals surface area (Å²) in [7, 11) is 0. The van der Waals surface area contributed by atoms with Crippen LogP contribution in [0.5, 0.6) is 0 Å². The Morgan fingerprint density at radius 2 is 1.81 bits per heavy atom. The van der Waals surface area contributed by atoms with Crippen molar-refractivity contribution in [3.63, 3.8) is 0 Å². The van der Waals surface area contributed by atoms with Crippen LogP contribution in [0.2, 0.25) is 0 Å². The molecular weight excluding hydrogens is 220 g/mol.